The third-order valence-electron chi connectivity index (χ3n) is 3.39. The maximum atomic E-state index is 11.7. The number of hydrogen-bond donors (Lipinski definition) is 2. The Labute approximate surface area is 133 Å². The fourth-order valence-corrected chi connectivity index (χ4v) is 2.04. The Balaban J connectivity index is 2.51. The summed E-state index contributed by atoms with van der Waals surface area (Å²) in [6.45, 7) is 14.8. The van der Waals surface area contributed by atoms with E-state index in [9.17, 15) is 4.79 Å². The third kappa shape index (κ3) is 6.05. The number of aryl methyl sites for hydroxylation is 2. The van der Waals surface area contributed by atoms with E-state index < -0.39 is 11.7 Å². The summed E-state index contributed by atoms with van der Waals surface area (Å²) in [5, 5.41) is 10.2. The molecule has 0 saturated heterocycles. The molecule has 6 heteroatoms. The standard InChI is InChI=1S/C16H29N3O3/c1-10(2)14(9-18-15(20)21-16(5,6)7)17-8-13-11(3)19-22-12(13)4/h10,14,17H,8-9H2,1-7H3,(H,18,20). The van der Waals surface area contributed by atoms with E-state index in [2.05, 4.69) is 29.6 Å². The SMILES string of the molecule is Cc1noc(C)c1CNC(CNC(=O)OC(C)(C)C)C(C)C. The quantitative estimate of drug-likeness (QED) is 0.844. The molecule has 0 radical (unpaired) electrons. The first-order valence-electron chi connectivity index (χ1n) is 7.72. The molecule has 1 aromatic rings. The van der Waals surface area contributed by atoms with Crippen molar-refractivity contribution in [2.75, 3.05) is 6.54 Å². The first-order chi connectivity index (χ1) is 10.1. The Kier molecular flexibility index (Phi) is 6.41. The Bertz CT molecular complexity index is 470. The molecular weight excluding hydrogens is 282 g/mol. The van der Waals surface area contributed by atoms with Crippen LogP contribution in [0.15, 0.2) is 4.52 Å². The molecule has 1 aromatic heterocycles. The number of rotatable bonds is 6. The Morgan fingerprint density at radius 1 is 1.32 bits per heavy atom. The molecule has 1 heterocycles. The van der Waals surface area contributed by atoms with Gasteiger partial charge in [-0.3, -0.25) is 0 Å². The van der Waals surface area contributed by atoms with Crippen LogP contribution in [0.2, 0.25) is 0 Å². The van der Waals surface area contributed by atoms with E-state index in [0.29, 0.717) is 19.0 Å². The monoisotopic (exact) mass is 311 g/mol. The minimum atomic E-state index is -0.485. The molecule has 1 unspecified atom stereocenters. The highest BCUT2D eigenvalue weighted by Gasteiger charge is 2.19. The van der Waals surface area contributed by atoms with Gasteiger partial charge in [-0.25, -0.2) is 4.79 Å². The zero-order valence-electron chi connectivity index (χ0n) is 14.7. The normalized spacial score (nSPS) is 13.3. The van der Waals surface area contributed by atoms with Crippen molar-refractivity contribution in [3.05, 3.63) is 17.0 Å². The van der Waals surface area contributed by atoms with Crippen LogP contribution in [0.4, 0.5) is 4.79 Å². The number of aromatic nitrogens is 1. The number of hydrogen-bond acceptors (Lipinski definition) is 5. The van der Waals surface area contributed by atoms with Gasteiger partial charge in [-0.2, -0.15) is 0 Å². The van der Waals surface area contributed by atoms with Gasteiger partial charge in [0.05, 0.1) is 5.69 Å². The van der Waals surface area contributed by atoms with Gasteiger partial charge in [-0.15, -0.1) is 0 Å². The molecule has 0 aliphatic rings. The fourth-order valence-electron chi connectivity index (χ4n) is 2.04. The number of ether oxygens (including phenoxy) is 1. The van der Waals surface area contributed by atoms with Gasteiger partial charge in [0.25, 0.3) is 0 Å². The van der Waals surface area contributed by atoms with Crippen molar-refractivity contribution < 1.29 is 14.1 Å². The van der Waals surface area contributed by atoms with Gasteiger partial charge in [0.15, 0.2) is 0 Å². The topological polar surface area (TPSA) is 76.4 Å². The van der Waals surface area contributed by atoms with Crippen LogP contribution in [0.25, 0.3) is 0 Å². The number of nitrogens with one attached hydrogen (secondary N) is 2. The van der Waals surface area contributed by atoms with E-state index in [1.807, 2.05) is 34.6 Å². The van der Waals surface area contributed by atoms with E-state index in [-0.39, 0.29) is 6.04 Å². The number of amides is 1. The second-order valence-electron chi connectivity index (χ2n) is 6.92. The number of carbonyl (C=O) groups excluding carboxylic acids is 1. The van der Waals surface area contributed by atoms with Crippen molar-refractivity contribution in [3.63, 3.8) is 0 Å². The molecular formula is C16H29N3O3. The van der Waals surface area contributed by atoms with E-state index in [1.54, 1.807) is 0 Å². The minimum Gasteiger partial charge on any atom is -0.444 e. The van der Waals surface area contributed by atoms with E-state index in [4.69, 9.17) is 9.26 Å². The molecule has 0 aromatic carbocycles. The molecule has 1 rings (SSSR count). The smallest absolute Gasteiger partial charge is 0.407 e. The highest BCUT2D eigenvalue weighted by Crippen LogP contribution is 2.13. The van der Waals surface area contributed by atoms with Crippen LogP contribution < -0.4 is 10.6 Å². The summed E-state index contributed by atoms with van der Waals surface area (Å²) in [6.07, 6.45) is -0.391. The Morgan fingerprint density at radius 2 is 1.95 bits per heavy atom. The van der Waals surface area contributed by atoms with Crippen LogP contribution in [0.1, 0.15) is 51.6 Å². The van der Waals surface area contributed by atoms with Crippen molar-refractivity contribution in [3.8, 4) is 0 Å². The van der Waals surface area contributed by atoms with Gasteiger partial charge in [0.1, 0.15) is 11.4 Å². The molecule has 1 atom stereocenters. The molecule has 0 aliphatic heterocycles. The molecule has 6 nitrogen and oxygen atoms in total. The van der Waals surface area contributed by atoms with Gasteiger partial charge in [-0.05, 0) is 40.5 Å². The van der Waals surface area contributed by atoms with Gasteiger partial charge in [0, 0.05) is 24.7 Å². The predicted octanol–water partition coefficient (Wildman–Crippen LogP) is 2.93. The second-order valence-corrected chi connectivity index (χ2v) is 6.92. The average Bonchev–Trinajstić information content (AvgIpc) is 2.67. The van der Waals surface area contributed by atoms with Gasteiger partial charge < -0.3 is 19.9 Å². The highest BCUT2D eigenvalue weighted by molar-refractivity contribution is 5.67. The maximum Gasteiger partial charge on any atom is 0.407 e. The van der Waals surface area contributed by atoms with Crippen LogP contribution in [-0.2, 0) is 11.3 Å². The number of alkyl carbamates (subject to hydrolysis) is 1. The first kappa shape index (κ1) is 18.5. The third-order valence-corrected chi connectivity index (χ3v) is 3.39. The zero-order chi connectivity index (χ0) is 16.9. The summed E-state index contributed by atoms with van der Waals surface area (Å²) >= 11 is 0. The van der Waals surface area contributed by atoms with Crippen molar-refractivity contribution in [1.82, 2.24) is 15.8 Å². The van der Waals surface area contributed by atoms with Gasteiger partial charge in [0.2, 0.25) is 0 Å². The summed E-state index contributed by atoms with van der Waals surface area (Å²) < 4.78 is 10.4. The maximum absolute atomic E-state index is 11.7. The van der Waals surface area contributed by atoms with Crippen molar-refractivity contribution >= 4 is 6.09 Å². The minimum absolute atomic E-state index is 0.140. The zero-order valence-corrected chi connectivity index (χ0v) is 14.7. The summed E-state index contributed by atoms with van der Waals surface area (Å²) in [6, 6.07) is 0.140. The lowest BCUT2D eigenvalue weighted by molar-refractivity contribution is 0.0519. The fraction of sp³-hybridized carbons (Fsp3) is 0.750. The average molecular weight is 311 g/mol. The van der Waals surface area contributed by atoms with E-state index >= 15 is 0 Å². The Morgan fingerprint density at radius 3 is 2.41 bits per heavy atom. The Hall–Kier alpha value is -1.56. The molecule has 0 saturated carbocycles. The summed E-state index contributed by atoms with van der Waals surface area (Å²) in [4.78, 5) is 11.7. The second kappa shape index (κ2) is 7.63. The van der Waals surface area contributed by atoms with Crippen LogP contribution in [0, 0.1) is 19.8 Å². The molecule has 22 heavy (non-hydrogen) atoms. The lowest BCUT2D eigenvalue weighted by Crippen LogP contribution is -2.45. The van der Waals surface area contributed by atoms with Crippen LogP contribution >= 0.6 is 0 Å². The lowest BCUT2D eigenvalue weighted by atomic mass is 10.0. The molecule has 0 aliphatic carbocycles. The molecule has 0 spiro atoms. The first-order valence-corrected chi connectivity index (χ1v) is 7.72. The van der Waals surface area contributed by atoms with Crippen LogP contribution in [-0.4, -0.2) is 29.4 Å². The molecule has 0 fully saturated rings. The molecule has 126 valence electrons. The largest absolute Gasteiger partial charge is 0.444 e. The van der Waals surface area contributed by atoms with E-state index in [1.165, 1.54) is 0 Å². The van der Waals surface area contributed by atoms with Crippen LogP contribution in [0.5, 0.6) is 0 Å². The van der Waals surface area contributed by atoms with Gasteiger partial charge in [-0.1, -0.05) is 19.0 Å². The lowest BCUT2D eigenvalue weighted by Gasteiger charge is -2.25. The number of nitrogens with zero attached hydrogens (tertiary/aromatic N) is 1. The van der Waals surface area contributed by atoms with E-state index in [0.717, 1.165) is 17.0 Å². The summed E-state index contributed by atoms with van der Waals surface area (Å²) in [7, 11) is 0. The molecule has 1 amide bonds. The summed E-state index contributed by atoms with van der Waals surface area (Å²) in [5.74, 6) is 1.20. The number of carbonyl (C=O) groups is 1. The molecule has 2 N–H and O–H groups in total. The van der Waals surface area contributed by atoms with Crippen molar-refractivity contribution in [2.45, 2.75) is 66.7 Å². The van der Waals surface area contributed by atoms with Crippen molar-refractivity contribution in [1.29, 1.82) is 0 Å². The highest BCUT2D eigenvalue weighted by atomic mass is 16.6. The van der Waals surface area contributed by atoms with Crippen molar-refractivity contribution in [2.24, 2.45) is 5.92 Å². The van der Waals surface area contributed by atoms with Gasteiger partial charge >= 0.3 is 6.09 Å². The molecule has 0 bridgehead atoms. The van der Waals surface area contributed by atoms with Crippen LogP contribution in [0.3, 0.4) is 0 Å². The predicted molar refractivity (Wildman–Crippen MR) is 85.7 cm³/mol. The summed E-state index contributed by atoms with van der Waals surface area (Å²) in [5.41, 5.74) is 1.48.